The van der Waals surface area contributed by atoms with E-state index in [4.69, 9.17) is 23.9 Å². The van der Waals surface area contributed by atoms with E-state index in [1.54, 1.807) is 19.2 Å². The van der Waals surface area contributed by atoms with E-state index < -0.39 is 5.97 Å². The van der Waals surface area contributed by atoms with Gasteiger partial charge in [-0.3, -0.25) is 0 Å². The smallest absolute Gasteiger partial charge is 0.360 e. The average Bonchev–Trinajstić information content (AvgIpc) is 2.75. The Morgan fingerprint density at radius 2 is 1.72 bits per heavy atom. The summed E-state index contributed by atoms with van der Waals surface area (Å²) >= 11 is 0. The van der Waals surface area contributed by atoms with Gasteiger partial charge in [0, 0.05) is 16.7 Å². The van der Waals surface area contributed by atoms with E-state index in [9.17, 15) is 4.79 Å². The minimum absolute atomic E-state index is 0.0426. The number of carbonyl (C=O) groups is 1. The molecule has 0 aromatic heterocycles. The molecule has 0 radical (unpaired) electrons. The summed E-state index contributed by atoms with van der Waals surface area (Å²) in [6.45, 7) is 1.98. The lowest BCUT2D eigenvalue weighted by molar-refractivity contribution is -0.132. The minimum atomic E-state index is -0.615. The summed E-state index contributed by atoms with van der Waals surface area (Å²) in [4.78, 5) is 22.4. The molecule has 0 N–H and O–H groups in total. The Kier molecular flexibility index (Phi) is 8.02. The Labute approximate surface area is 169 Å². The number of ether oxygens (including phenoxy) is 3. The summed E-state index contributed by atoms with van der Waals surface area (Å²) in [5.41, 5.74) is 2.90. The summed E-state index contributed by atoms with van der Waals surface area (Å²) in [6.07, 6.45) is 0. The molecule has 154 valence electrons. The van der Waals surface area contributed by atoms with Crippen LogP contribution in [-0.4, -0.2) is 46.0 Å². The van der Waals surface area contributed by atoms with Gasteiger partial charge in [-0.15, -0.1) is 0 Å². The van der Waals surface area contributed by atoms with Gasteiger partial charge in [-0.1, -0.05) is 29.4 Å². The zero-order valence-corrected chi connectivity index (χ0v) is 17.1. The van der Waals surface area contributed by atoms with Crippen LogP contribution in [0.25, 0.3) is 0 Å². The summed E-state index contributed by atoms with van der Waals surface area (Å²) < 4.78 is 15.3. The van der Waals surface area contributed by atoms with Crippen LogP contribution < -0.4 is 4.74 Å². The maximum absolute atomic E-state index is 12.1. The quantitative estimate of drug-likeness (QED) is 0.293. The summed E-state index contributed by atoms with van der Waals surface area (Å²) in [7, 11) is 5.72. The van der Waals surface area contributed by atoms with Crippen LogP contribution in [0.15, 0.2) is 52.8 Å². The van der Waals surface area contributed by atoms with Crippen molar-refractivity contribution in [3.8, 4) is 5.75 Å². The van der Waals surface area contributed by atoms with Crippen LogP contribution in [0.4, 0.5) is 0 Å². The normalized spacial score (nSPS) is 11.6. The molecule has 0 bridgehead atoms. The molecule has 8 heteroatoms. The van der Waals surface area contributed by atoms with E-state index in [0.717, 1.165) is 11.1 Å². The van der Waals surface area contributed by atoms with Gasteiger partial charge in [0.1, 0.15) is 19.5 Å². The second-order valence-electron chi connectivity index (χ2n) is 5.82. The fraction of sp³-hybridized carbons (Fsp3) is 0.286. The first kappa shape index (κ1) is 21.7. The van der Waals surface area contributed by atoms with Crippen molar-refractivity contribution in [1.29, 1.82) is 0 Å². The number of benzene rings is 2. The van der Waals surface area contributed by atoms with Crippen molar-refractivity contribution in [3.05, 3.63) is 64.7 Å². The Morgan fingerprint density at radius 3 is 2.38 bits per heavy atom. The maximum Gasteiger partial charge on any atom is 0.360 e. The molecule has 0 unspecified atom stereocenters. The lowest BCUT2D eigenvalue weighted by atomic mass is 9.99. The fourth-order valence-corrected chi connectivity index (χ4v) is 2.62. The third-order valence-corrected chi connectivity index (χ3v) is 4.09. The predicted octanol–water partition coefficient (Wildman–Crippen LogP) is 3.05. The van der Waals surface area contributed by atoms with Crippen LogP contribution in [0.1, 0.15) is 22.3 Å². The molecule has 2 aromatic rings. The minimum Gasteiger partial charge on any atom is -0.497 e. The number of hydrogen-bond acceptors (Lipinski definition) is 8. The topological polar surface area (TPSA) is 87.9 Å². The third-order valence-electron chi connectivity index (χ3n) is 4.09. The zero-order chi connectivity index (χ0) is 21.2. The monoisotopic (exact) mass is 400 g/mol. The molecule has 0 fully saturated rings. The van der Waals surface area contributed by atoms with Gasteiger partial charge >= 0.3 is 5.97 Å². The lowest BCUT2D eigenvalue weighted by Crippen LogP contribution is -2.20. The van der Waals surface area contributed by atoms with Gasteiger partial charge in [-0.25, -0.2) is 4.79 Å². The van der Waals surface area contributed by atoms with Gasteiger partial charge in [0.25, 0.3) is 5.90 Å². The third kappa shape index (κ3) is 5.47. The summed E-state index contributed by atoms with van der Waals surface area (Å²) in [5, 5.41) is 7.89. The molecule has 8 nitrogen and oxygen atoms in total. The molecule has 0 aliphatic heterocycles. The first-order valence-electron chi connectivity index (χ1n) is 8.72. The van der Waals surface area contributed by atoms with Gasteiger partial charge in [0.05, 0.1) is 21.3 Å². The van der Waals surface area contributed by atoms with Crippen LogP contribution in [0, 0.1) is 6.92 Å². The molecule has 0 heterocycles. The van der Waals surface area contributed by atoms with Crippen LogP contribution >= 0.6 is 0 Å². The molecule has 0 aliphatic rings. The number of carbonyl (C=O) groups excluding carboxylic acids is 1. The maximum atomic E-state index is 12.1. The van der Waals surface area contributed by atoms with Gasteiger partial charge in [-0.05, 0) is 35.8 Å². The van der Waals surface area contributed by atoms with Crippen LogP contribution in [0.3, 0.4) is 0 Å². The van der Waals surface area contributed by atoms with Gasteiger partial charge < -0.3 is 23.9 Å². The van der Waals surface area contributed by atoms with E-state index in [1.165, 1.54) is 21.3 Å². The first-order chi connectivity index (χ1) is 14.0. The molecule has 29 heavy (non-hydrogen) atoms. The van der Waals surface area contributed by atoms with Gasteiger partial charge in [0.15, 0.2) is 5.71 Å². The van der Waals surface area contributed by atoms with Crippen LogP contribution in [-0.2, 0) is 30.6 Å². The van der Waals surface area contributed by atoms with Crippen molar-refractivity contribution >= 4 is 17.6 Å². The van der Waals surface area contributed by atoms with Crippen LogP contribution in [0.2, 0.25) is 0 Å². The molecular formula is C21H24N2O6. The average molecular weight is 400 g/mol. The van der Waals surface area contributed by atoms with Crippen molar-refractivity contribution < 1.29 is 28.7 Å². The molecule has 0 amide bonds. The largest absolute Gasteiger partial charge is 0.497 e. The number of aryl methyl sites for hydroxylation is 1. The van der Waals surface area contributed by atoms with Crippen molar-refractivity contribution in [3.63, 3.8) is 0 Å². The van der Waals surface area contributed by atoms with Crippen molar-refractivity contribution in [2.24, 2.45) is 10.3 Å². The van der Waals surface area contributed by atoms with E-state index >= 15 is 0 Å². The highest BCUT2D eigenvalue weighted by Gasteiger charge is 2.20. The predicted molar refractivity (Wildman–Crippen MR) is 108 cm³/mol. The summed E-state index contributed by atoms with van der Waals surface area (Å²) in [5.74, 6) is 0.348. The molecule has 0 atom stereocenters. The Hall–Kier alpha value is -3.55. The molecular weight excluding hydrogens is 376 g/mol. The molecule has 0 saturated carbocycles. The van der Waals surface area contributed by atoms with E-state index in [0.29, 0.717) is 16.9 Å². The standard InChI is InChI=1S/C21H24N2O6/c1-14-8-6-11-17(19(22-28-5)21(24)27-4)18(14)13-29-23-20(26-3)15-9-7-10-16(12-15)25-2/h6-12H,13H2,1-5H3/b22-19+,23-20-. The highest BCUT2D eigenvalue weighted by atomic mass is 16.6. The van der Waals surface area contributed by atoms with Gasteiger partial charge in [-0.2, -0.15) is 0 Å². The molecule has 2 aromatic carbocycles. The highest BCUT2D eigenvalue weighted by molar-refractivity contribution is 6.43. The molecule has 0 saturated heterocycles. The van der Waals surface area contributed by atoms with Crippen LogP contribution in [0.5, 0.6) is 5.75 Å². The lowest BCUT2D eigenvalue weighted by Gasteiger charge is -2.13. The second kappa shape index (κ2) is 10.7. The SMILES string of the molecule is CO/N=C(/C(=O)OC)c1cccc(C)c1CO/N=C(\OC)c1cccc(OC)c1. The highest BCUT2D eigenvalue weighted by Crippen LogP contribution is 2.19. The van der Waals surface area contributed by atoms with Crippen molar-refractivity contribution in [1.82, 2.24) is 0 Å². The number of rotatable bonds is 8. The number of methoxy groups -OCH3 is 3. The number of hydrogen-bond donors (Lipinski definition) is 0. The van der Waals surface area contributed by atoms with E-state index in [1.807, 2.05) is 37.3 Å². The van der Waals surface area contributed by atoms with Gasteiger partial charge in [0.2, 0.25) is 0 Å². The number of esters is 1. The van der Waals surface area contributed by atoms with Crippen molar-refractivity contribution in [2.45, 2.75) is 13.5 Å². The van der Waals surface area contributed by atoms with E-state index in [2.05, 4.69) is 10.3 Å². The second-order valence-corrected chi connectivity index (χ2v) is 5.82. The zero-order valence-electron chi connectivity index (χ0n) is 17.1. The summed E-state index contributed by atoms with van der Waals surface area (Å²) in [6, 6.07) is 12.7. The van der Waals surface area contributed by atoms with Crippen molar-refractivity contribution in [2.75, 3.05) is 28.4 Å². The fourth-order valence-electron chi connectivity index (χ4n) is 2.62. The Bertz CT molecular complexity index is 908. The molecule has 0 spiro atoms. The Morgan fingerprint density at radius 1 is 0.966 bits per heavy atom. The number of nitrogens with zero attached hydrogens (tertiary/aromatic N) is 2. The Balaban J connectivity index is 2.31. The number of oxime groups is 2. The molecule has 2 rings (SSSR count). The molecule has 0 aliphatic carbocycles. The first-order valence-corrected chi connectivity index (χ1v) is 8.72. The van der Waals surface area contributed by atoms with E-state index in [-0.39, 0.29) is 18.2 Å².